The molecule has 28 heteroatoms. The number of carbonyl (C=O) groups excluding carboxylic acids is 8. The van der Waals surface area contributed by atoms with E-state index in [9.17, 15) is 53.4 Å². The van der Waals surface area contributed by atoms with Gasteiger partial charge in [0.2, 0.25) is 47.3 Å². The van der Waals surface area contributed by atoms with Gasteiger partial charge in [-0.25, -0.2) is 4.79 Å². The molecule has 28 nitrogen and oxygen atoms in total. The Morgan fingerprint density at radius 1 is 0.773 bits per heavy atom. The number of likely N-dealkylation sites (tertiary alicyclic amines) is 1. The first-order chi connectivity index (χ1) is 35.7. The Hall–Kier alpha value is -6.98. The molecular formula is C47H80N16O12. The molecule has 420 valence electrons. The molecule has 8 amide bonds. The summed E-state index contributed by atoms with van der Waals surface area (Å²) < 4.78 is 5.26. The fraction of sp³-hybridized carbons (Fsp3) is 0.617. The minimum atomic E-state index is -1.56. The summed E-state index contributed by atoms with van der Waals surface area (Å²) in [4.78, 5) is 126. The number of unbranched alkanes of at least 4 members (excludes halogenated alkanes) is 2. The van der Waals surface area contributed by atoms with Crippen LogP contribution in [0.25, 0.3) is 0 Å². The van der Waals surface area contributed by atoms with Crippen LogP contribution in [0, 0.1) is 0 Å². The number of ether oxygens (including phenoxy) is 1. The fourth-order valence-electron chi connectivity index (χ4n) is 7.71. The molecular weight excluding hydrogens is 981 g/mol. The topological polar surface area (TPSA) is 485 Å². The Morgan fingerprint density at radius 2 is 1.41 bits per heavy atom. The number of aliphatic imine (C=N–C) groups is 1. The van der Waals surface area contributed by atoms with E-state index in [1.54, 1.807) is 24.3 Å². The quantitative estimate of drug-likeness (QED) is 0.0130. The average molecular weight is 1060 g/mol. The number of nitrogens with zero attached hydrogens (tertiary/aromatic N) is 2. The molecule has 0 radical (unpaired) electrons. The molecule has 1 heterocycles. The average Bonchev–Trinajstić information content (AvgIpc) is 3.88. The number of carbonyl (C=O) groups is 9. The van der Waals surface area contributed by atoms with Crippen LogP contribution in [-0.4, -0.2) is 176 Å². The summed E-state index contributed by atoms with van der Waals surface area (Å²) in [7, 11) is 1.48. The van der Waals surface area contributed by atoms with Crippen molar-refractivity contribution >= 4 is 59.2 Å². The summed E-state index contributed by atoms with van der Waals surface area (Å²) in [6.07, 6.45) is 2.84. The van der Waals surface area contributed by atoms with Crippen molar-refractivity contribution in [1.29, 1.82) is 0 Å². The molecule has 1 unspecified atom stereocenters. The summed E-state index contributed by atoms with van der Waals surface area (Å²) in [6, 6.07) is -2.16. The maximum Gasteiger partial charge on any atom is 0.352 e. The van der Waals surface area contributed by atoms with Crippen molar-refractivity contribution in [2.75, 3.05) is 52.9 Å². The lowest BCUT2D eigenvalue weighted by Gasteiger charge is -2.30. The summed E-state index contributed by atoms with van der Waals surface area (Å²) in [5, 5.41) is 37.7. The van der Waals surface area contributed by atoms with E-state index in [1.165, 1.54) is 25.0 Å². The van der Waals surface area contributed by atoms with Gasteiger partial charge < -0.3 is 97.2 Å². The Labute approximate surface area is 436 Å². The second-order valence-electron chi connectivity index (χ2n) is 17.8. The Kier molecular flexibility index (Phi) is 29.5. The van der Waals surface area contributed by atoms with Crippen molar-refractivity contribution in [1.82, 2.24) is 42.1 Å². The number of nitrogens with one attached hydrogen (secondary N) is 7. The van der Waals surface area contributed by atoms with Gasteiger partial charge in [0, 0.05) is 26.1 Å². The van der Waals surface area contributed by atoms with Crippen LogP contribution in [0.3, 0.4) is 0 Å². The molecule has 0 aliphatic carbocycles. The number of aliphatic hydroxyl groups is 1. The van der Waals surface area contributed by atoms with Crippen LogP contribution in [0.1, 0.15) is 83.1 Å². The van der Waals surface area contributed by atoms with Crippen molar-refractivity contribution in [2.24, 2.45) is 45.1 Å². The van der Waals surface area contributed by atoms with Crippen molar-refractivity contribution in [3.8, 4) is 5.75 Å². The van der Waals surface area contributed by atoms with E-state index in [0.29, 0.717) is 50.0 Å². The van der Waals surface area contributed by atoms with Crippen LogP contribution in [0.15, 0.2) is 41.0 Å². The van der Waals surface area contributed by atoms with Gasteiger partial charge in [0.1, 0.15) is 47.7 Å². The van der Waals surface area contributed by atoms with Crippen LogP contribution in [0.5, 0.6) is 5.75 Å². The number of guanidine groups is 1. The van der Waals surface area contributed by atoms with Crippen molar-refractivity contribution in [2.45, 2.75) is 132 Å². The molecule has 0 spiro atoms. The highest BCUT2D eigenvalue weighted by molar-refractivity contribution is 5.99. The van der Waals surface area contributed by atoms with E-state index in [-0.39, 0.29) is 77.1 Å². The Bertz CT molecular complexity index is 2110. The van der Waals surface area contributed by atoms with E-state index in [2.05, 4.69) is 42.2 Å². The number of aliphatic carboxylic acids is 1. The monoisotopic (exact) mass is 1060 g/mol. The van der Waals surface area contributed by atoms with Crippen molar-refractivity contribution < 1.29 is 58.1 Å². The molecule has 75 heavy (non-hydrogen) atoms. The highest BCUT2D eigenvalue weighted by Gasteiger charge is 2.39. The number of nitrogens with two attached hydrogens (primary N) is 7. The van der Waals surface area contributed by atoms with Gasteiger partial charge in [-0.3, -0.25) is 43.3 Å². The minimum Gasteiger partial charge on any atom is -0.497 e. The minimum absolute atomic E-state index is 0.0402. The number of hydrogen-bond donors (Lipinski definition) is 16. The summed E-state index contributed by atoms with van der Waals surface area (Å²) in [5.74, 6) is -7.46. The van der Waals surface area contributed by atoms with E-state index in [1.807, 2.05) is 0 Å². The number of methoxy groups -OCH3 is 1. The van der Waals surface area contributed by atoms with Crippen molar-refractivity contribution in [3.63, 3.8) is 0 Å². The van der Waals surface area contributed by atoms with Crippen LogP contribution in [-0.2, 0) is 49.6 Å². The van der Waals surface area contributed by atoms with Crippen LogP contribution >= 0.6 is 0 Å². The SMILES string of the molecule is COc1ccc(C[C@H](NC(=O)[C@@H]2CCCN2C(=O)[C@@H](CCCN)NC(=O)CNC(=O)[C@H](C)NC(=O)[C@@H](NC(=O)C(N)CCCCN)[C@@H](O)CN)C(=O)N[C@@H](CCCCN)C(=O)N/C(=C\CCN=C(N)N)C(=O)O)cc1. The molecule has 8 atom stereocenters. The molecule has 1 saturated heterocycles. The number of rotatable bonds is 35. The van der Waals surface area contributed by atoms with E-state index in [0.717, 1.165) is 0 Å². The van der Waals surface area contributed by atoms with Crippen LogP contribution in [0.2, 0.25) is 0 Å². The predicted octanol–water partition coefficient (Wildman–Crippen LogP) is -5.82. The second kappa shape index (κ2) is 34.5. The fourth-order valence-corrected chi connectivity index (χ4v) is 7.71. The highest BCUT2D eigenvalue weighted by atomic mass is 16.5. The summed E-state index contributed by atoms with van der Waals surface area (Å²) in [6.45, 7) is 1.18. The molecule has 0 saturated carbocycles. The first kappa shape index (κ1) is 64.1. The van der Waals surface area contributed by atoms with Gasteiger partial charge in [0.05, 0.1) is 25.8 Å². The Balaban J connectivity index is 2.27. The maximum atomic E-state index is 14.3. The zero-order chi connectivity index (χ0) is 56.0. The number of amides is 8. The molecule has 1 aromatic carbocycles. The molecule has 1 aliphatic heterocycles. The highest BCUT2D eigenvalue weighted by Crippen LogP contribution is 2.21. The standard InChI is InChI=1S/C47H80N16O12/c1-27(57-44(71)38(36(64)25-51)62-40(67)30(52)10-3-5-19-48)39(66)56-26-37(65)58-32(12-7-21-50)45(72)63-23-9-14-35(63)43(70)61-34(24-28-15-17-29(75-2)18-16-28)42(69)59-31(11-4-6-20-49)41(68)60-33(46(73)74)13-8-22-55-47(53)54/h13,15-18,27,30-32,34-36,38,64H,3-12,14,19-26,48-52H2,1-2H3,(H,56,66)(H,57,71)(H,58,65)(H,59,69)(H,60,68)(H,61,70)(H,62,67)(H,73,74)(H4,53,54,55)/b33-13-/t27-,30?,31-,32+,34-,35-,36-,38-/m0/s1. The van der Waals surface area contributed by atoms with Gasteiger partial charge in [-0.1, -0.05) is 24.6 Å². The zero-order valence-corrected chi connectivity index (χ0v) is 42.9. The van der Waals surface area contributed by atoms with Gasteiger partial charge in [-0.2, -0.15) is 0 Å². The number of hydrogen-bond acceptors (Lipinski definition) is 17. The lowest BCUT2D eigenvalue weighted by atomic mass is 10.0. The van der Waals surface area contributed by atoms with Gasteiger partial charge in [0.15, 0.2) is 5.96 Å². The maximum absolute atomic E-state index is 14.3. The summed E-state index contributed by atoms with van der Waals surface area (Å²) in [5.41, 5.74) is 39.3. The molecule has 2 rings (SSSR count). The van der Waals surface area contributed by atoms with E-state index < -0.39 is 120 Å². The number of benzene rings is 1. The third-order valence-corrected chi connectivity index (χ3v) is 11.9. The number of aliphatic hydroxyl groups excluding tert-OH is 1. The number of carboxylic acid groups (broad SMARTS) is 1. The lowest BCUT2D eigenvalue weighted by Crippen LogP contribution is -2.60. The molecule has 23 N–H and O–H groups in total. The van der Waals surface area contributed by atoms with Crippen molar-refractivity contribution in [3.05, 3.63) is 41.6 Å². The molecule has 1 aliphatic rings. The molecule has 0 bridgehead atoms. The van der Waals surface area contributed by atoms with Gasteiger partial charge in [-0.05, 0) is 108 Å². The lowest BCUT2D eigenvalue weighted by molar-refractivity contribution is -0.142. The Morgan fingerprint density at radius 3 is 2.01 bits per heavy atom. The first-order valence-electron chi connectivity index (χ1n) is 25.0. The first-order valence-corrected chi connectivity index (χ1v) is 25.0. The third kappa shape index (κ3) is 23.0. The molecule has 1 aromatic rings. The summed E-state index contributed by atoms with van der Waals surface area (Å²) >= 11 is 0. The normalized spacial score (nSPS) is 16.1. The predicted molar refractivity (Wildman–Crippen MR) is 276 cm³/mol. The third-order valence-electron chi connectivity index (χ3n) is 11.9. The van der Waals surface area contributed by atoms with Gasteiger partial charge >= 0.3 is 5.97 Å². The smallest absolute Gasteiger partial charge is 0.352 e. The van der Waals surface area contributed by atoms with Crippen LogP contribution < -0.4 is 82.1 Å². The molecule has 1 fully saturated rings. The number of carboxylic acids is 1. The largest absolute Gasteiger partial charge is 0.497 e. The van der Waals surface area contributed by atoms with E-state index >= 15 is 0 Å². The zero-order valence-electron chi connectivity index (χ0n) is 42.9. The van der Waals surface area contributed by atoms with E-state index in [4.69, 9.17) is 44.9 Å². The molecule has 0 aromatic heterocycles. The van der Waals surface area contributed by atoms with Gasteiger partial charge in [-0.15, -0.1) is 0 Å². The van der Waals surface area contributed by atoms with Gasteiger partial charge in [0.25, 0.3) is 0 Å². The second-order valence-corrected chi connectivity index (χ2v) is 17.8. The van der Waals surface area contributed by atoms with Crippen LogP contribution in [0.4, 0.5) is 0 Å².